The van der Waals surface area contributed by atoms with Crippen molar-refractivity contribution in [2.45, 2.75) is 39.2 Å². The smallest absolute Gasteiger partial charge is 0.191 e. The van der Waals surface area contributed by atoms with Crippen molar-refractivity contribution in [2.24, 2.45) is 11.8 Å². The highest BCUT2D eigenvalue weighted by Crippen LogP contribution is 2.33. The second-order valence-corrected chi connectivity index (χ2v) is 5.44. The van der Waals surface area contributed by atoms with E-state index in [-0.39, 0.29) is 17.4 Å². The summed E-state index contributed by atoms with van der Waals surface area (Å²) in [5.74, 6) is -0.884. The minimum Gasteiger partial charge on any atom is -0.484 e. The molecule has 2 nitrogen and oxygen atoms in total. The zero-order chi connectivity index (χ0) is 14.0. The van der Waals surface area contributed by atoms with Gasteiger partial charge in [0, 0.05) is 5.56 Å². The van der Waals surface area contributed by atoms with Crippen LogP contribution >= 0.6 is 0 Å². The Morgan fingerprint density at radius 1 is 1.16 bits per heavy atom. The van der Waals surface area contributed by atoms with E-state index in [1.807, 2.05) is 0 Å². The monoisotopic (exact) mass is 268 g/mol. The standard InChI is InChI=1S/C15H18F2O2/c1-9-3-4-12(5-10(9)2)19-15-13(16)6-11(8-18)7-14(15)17/h6-10,12H,3-5H2,1-2H3. The van der Waals surface area contributed by atoms with Crippen molar-refractivity contribution in [3.05, 3.63) is 29.3 Å². The molecule has 3 unspecified atom stereocenters. The highest BCUT2D eigenvalue weighted by Gasteiger charge is 2.27. The van der Waals surface area contributed by atoms with E-state index in [1.54, 1.807) is 0 Å². The third kappa shape index (κ3) is 3.11. The van der Waals surface area contributed by atoms with Gasteiger partial charge in [0.1, 0.15) is 6.29 Å². The third-order valence-corrected chi connectivity index (χ3v) is 3.99. The van der Waals surface area contributed by atoms with Gasteiger partial charge in [-0.1, -0.05) is 13.8 Å². The fourth-order valence-electron chi connectivity index (χ4n) is 2.53. The van der Waals surface area contributed by atoms with Gasteiger partial charge in [0.2, 0.25) is 0 Å². The molecular formula is C15H18F2O2. The van der Waals surface area contributed by atoms with E-state index in [0.29, 0.717) is 18.1 Å². The van der Waals surface area contributed by atoms with Crippen LogP contribution in [0.5, 0.6) is 5.75 Å². The summed E-state index contributed by atoms with van der Waals surface area (Å²) in [6.07, 6.45) is 2.87. The Hall–Kier alpha value is -1.45. The molecule has 0 aliphatic heterocycles. The van der Waals surface area contributed by atoms with Crippen LogP contribution in [0.2, 0.25) is 0 Å². The second-order valence-electron chi connectivity index (χ2n) is 5.44. The van der Waals surface area contributed by atoms with Crippen molar-refractivity contribution < 1.29 is 18.3 Å². The van der Waals surface area contributed by atoms with Crippen LogP contribution in [0, 0.1) is 23.5 Å². The van der Waals surface area contributed by atoms with Crippen molar-refractivity contribution >= 4 is 6.29 Å². The van der Waals surface area contributed by atoms with Crippen molar-refractivity contribution in [3.63, 3.8) is 0 Å². The van der Waals surface area contributed by atoms with Gasteiger partial charge in [-0.25, -0.2) is 8.78 Å². The summed E-state index contributed by atoms with van der Waals surface area (Å²) >= 11 is 0. The number of hydrogen-bond donors (Lipinski definition) is 0. The highest BCUT2D eigenvalue weighted by atomic mass is 19.1. The molecule has 0 bridgehead atoms. The molecule has 0 amide bonds. The van der Waals surface area contributed by atoms with E-state index in [4.69, 9.17) is 4.74 Å². The normalized spacial score (nSPS) is 27.1. The molecule has 4 heteroatoms. The fourth-order valence-corrected chi connectivity index (χ4v) is 2.53. The van der Waals surface area contributed by atoms with E-state index >= 15 is 0 Å². The Morgan fingerprint density at radius 3 is 2.32 bits per heavy atom. The number of aldehydes is 1. The number of ether oxygens (including phenoxy) is 1. The van der Waals surface area contributed by atoms with Crippen molar-refractivity contribution in [3.8, 4) is 5.75 Å². The molecule has 1 aromatic carbocycles. The summed E-state index contributed by atoms with van der Waals surface area (Å²) in [5.41, 5.74) is -0.0204. The van der Waals surface area contributed by atoms with Gasteiger partial charge in [0.25, 0.3) is 0 Å². The van der Waals surface area contributed by atoms with Crippen molar-refractivity contribution in [1.82, 2.24) is 0 Å². The summed E-state index contributed by atoms with van der Waals surface area (Å²) in [5, 5.41) is 0. The molecule has 1 saturated carbocycles. The molecule has 1 fully saturated rings. The van der Waals surface area contributed by atoms with Crippen molar-refractivity contribution in [1.29, 1.82) is 0 Å². The maximum Gasteiger partial charge on any atom is 0.191 e. The number of hydrogen-bond acceptors (Lipinski definition) is 2. The average molecular weight is 268 g/mol. The Kier molecular flexibility index (Phi) is 4.17. The van der Waals surface area contributed by atoms with Crippen LogP contribution in [0.25, 0.3) is 0 Å². The Morgan fingerprint density at radius 2 is 1.79 bits per heavy atom. The van der Waals surface area contributed by atoms with Gasteiger partial charge in [0.05, 0.1) is 6.10 Å². The van der Waals surface area contributed by atoms with Crippen LogP contribution in [0.4, 0.5) is 8.78 Å². The van der Waals surface area contributed by atoms with Crippen LogP contribution in [0.3, 0.4) is 0 Å². The van der Waals surface area contributed by atoms with Crippen LogP contribution in [0.1, 0.15) is 43.5 Å². The summed E-state index contributed by atoms with van der Waals surface area (Å²) in [6, 6.07) is 2.00. The van der Waals surface area contributed by atoms with E-state index in [1.165, 1.54) is 0 Å². The summed E-state index contributed by atoms with van der Waals surface area (Å²) in [7, 11) is 0. The van der Waals surface area contributed by atoms with Gasteiger partial charge in [-0.05, 0) is 43.2 Å². The largest absolute Gasteiger partial charge is 0.484 e. The Bertz CT molecular complexity index is 450. The van der Waals surface area contributed by atoms with Crippen LogP contribution < -0.4 is 4.74 Å². The first-order valence-electron chi connectivity index (χ1n) is 6.62. The summed E-state index contributed by atoms with van der Waals surface area (Å²) in [6.45, 7) is 4.31. The highest BCUT2D eigenvalue weighted by molar-refractivity contribution is 5.75. The van der Waals surface area contributed by atoms with Gasteiger partial charge in [0.15, 0.2) is 17.4 Å². The lowest BCUT2D eigenvalue weighted by Gasteiger charge is -2.32. The predicted octanol–water partition coefficient (Wildman–Crippen LogP) is 3.98. The number of halogens is 2. The fraction of sp³-hybridized carbons (Fsp3) is 0.533. The average Bonchev–Trinajstić information content (AvgIpc) is 2.37. The molecule has 0 N–H and O–H groups in total. The lowest BCUT2D eigenvalue weighted by molar-refractivity contribution is 0.0926. The minimum atomic E-state index is -0.812. The zero-order valence-electron chi connectivity index (χ0n) is 11.2. The van der Waals surface area contributed by atoms with Gasteiger partial charge in [-0.15, -0.1) is 0 Å². The zero-order valence-corrected chi connectivity index (χ0v) is 11.2. The molecule has 0 radical (unpaired) electrons. The Balaban J connectivity index is 2.13. The molecular weight excluding hydrogens is 250 g/mol. The first-order chi connectivity index (χ1) is 9.01. The molecule has 1 aromatic rings. The Labute approximate surface area is 111 Å². The van der Waals surface area contributed by atoms with Gasteiger partial charge in [-0.3, -0.25) is 4.79 Å². The maximum atomic E-state index is 13.7. The molecule has 2 rings (SSSR count). The molecule has 104 valence electrons. The van der Waals surface area contributed by atoms with Crippen molar-refractivity contribution in [2.75, 3.05) is 0 Å². The van der Waals surface area contributed by atoms with Gasteiger partial charge < -0.3 is 4.74 Å². The summed E-state index contributed by atoms with van der Waals surface area (Å²) < 4.78 is 32.9. The van der Waals surface area contributed by atoms with Gasteiger partial charge >= 0.3 is 0 Å². The summed E-state index contributed by atoms with van der Waals surface area (Å²) in [4.78, 5) is 10.5. The molecule has 3 atom stereocenters. The number of carbonyl (C=O) groups excluding carboxylic acids is 1. The topological polar surface area (TPSA) is 26.3 Å². The molecule has 19 heavy (non-hydrogen) atoms. The minimum absolute atomic E-state index is 0.0204. The number of carbonyl (C=O) groups is 1. The molecule has 0 spiro atoms. The van der Waals surface area contributed by atoms with Crippen LogP contribution in [0.15, 0.2) is 12.1 Å². The molecule has 0 saturated heterocycles. The van der Waals surface area contributed by atoms with E-state index in [2.05, 4.69) is 13.8 Å². The van der Waals surface area contributed by atoms with E-state index in [0.717, 1.165) is 31.4 Å². The van der Waals surface area contributed by atoms with E-state index in [9.17, 15) is 13.6 Å². The molecule has 0 heterocycles. The maximum absolute atomic E-state index is 13.7. The molecule has 0 aromatic heterocycles. The second kappa shape index (κ2) is 5.68. The van der Waals surface area contributed by atoms with E-state index < -0.39 is 11.6 Å². The van der Waals surface area contributed by atoms with Crippen LogP contribution in [-0.4, -0.2) is 12.4 Å². The number of rotatable bonds is 3. The van der Waals surface area contributed by atoms with Crippen LogP contribution in [-0.2, 0) is 0 Å². The third-order valence-electron chi connectivity index (χ3n) is 3.99. The first-order valence-corrected chi connectivity index (χ1v) is 6.62. The quantitative estimate of drug-likeness (QED) is 0.775. The van der Waals surface area contributed by atoms with Gasteiger partial charge in [-0.2, -0.15) is 0 Å². The lowest BCUT2D eigenvalue weighted by Crippen LogP contribution is -2.29. The lowest BCUT2D eigenvalue weighted by atomic mass is 9.80. The molecule has 1 aliphatic rings. The first kappa shape index (κ1) is 14.0. The predicted molar refractivity (Wildman–Crippen MR) is 68.3 cm³/mol. The SMILES string of the molecule is CC1CCC(Oc2c(F)cc(C=O)cc2F)CC1C. The molecule has 1 aliphatic carbocycles. The number of benzene rings is 1.